The van der Waals surface area contributed by atoms with E-state index in [9.17, 15) is 0 Å². The van der Waals surface area contributed by atoms with E-state index in [0.29, 0.717) is 0 Å². The third-order valence-corrected chi connectivity index (χ3v) is 5.33. The van der Waals surface area contributed by atoms with Crippen molar-refractivity contribution >= 4 is 22.4 Å². The summed E-state index contributed by atoms with van der Waals surface area (Å²) >= 11 is 0. The van der Waals surface area contributed by atoms with Gasteiger partial charge < -0.3 is 4.74 Å². The number of allylic oxidation sites excluding steroid dienone is 3. The smallest absolute Gasteiger partial charge is 0.103 e. The van der Waals surface area contributed by atoms with E-state index in [-0.39, 0.29) is 12.2 Å². The molecule has 0 saturated heterocycles. The van der Waals surface area contributed by atoms with Crippen LogP contribution in [0.4, 0.5) is 0 Å². The first kappa shape index (κ1) is 13.1. The fourth-order valence-corrected chi connectivity index (χ4v) is 4.36. The lowest BCUT2D eigenvalue weighted by Gasteiger charge is -2.25. The highest BCUT2D eigenvalue weighted by molar-refractivity contribution is 6.04. The maximum Gasteiger partial charge on any atom is 0.103 e. The molecule has 5 rings (SSSR count). The summed E-state index contributed by atoms with van der Waals surface area (Å²) in [4.78, 5) is 0. The fourth-order valence-electron chi connectivity index (χ4n) is 4.36. The largest absolute Gasteiger partial charge is 0.357 e. The van der Waals surface area contributed by atoms with Gasteiger partial charge in [0.15, 0.2) is 0 Å². The Labute approximate surface area is 136 Å². The van der Waals surface area contributed by atoms with Gasteiger partial charge in [-0.15, -0.1) is 13.2 Å². The molecule has 0 bridgehead atoms. The summed E-state index contributed by atoms with van der Waals surface area (Å²) in [5.74, 6) is 0. The topological polar surface area (TPSA) is 9.23 Å². The molecule has 1 heterocycles. The number of hydrogen-bond acceptors (Lipinski definition) is 1. The predicted molar refractivity (Wildman–Crippen MR) is 96.2 cm³/mol. The zero-order valence-electron chi connectivity index (χ0n) is 13.0. The van der Waals surface area contributed by atoms with Crippen LogP contribution in [0.5, 0.6) is 0 Å². The van der Waals surface area contributed by atoms with Crippen molar-refractivity contribution in [3.63, 3.8) is 0 Å². The minimum atomic E-state index is -0.0476. The summed E-state index contributed by atoms with van der Waals surface area (Å²) in [5.41, 5.74) is 8.19. The van der Waals surface area contributed by atoms with Crippen molar-refractivity contribution < 1.29 is 4.74 Å². The van der Waals surface area contributed by atoms with Gasteiger partial charge >= 0.3 is 0 Å². The molecule has 1 nitrogen and oxygen atoms in total. The molecule has 1 heteroatoms. The molecule has 1 aliphatic heterocycles. The van der Waals surface area contributed by atoms with Gasteiger partial charge in [0, 0.05) is 0 Å². The highest BCUT2D eigenvalue weighted by Gasteiger charge is 2.32. The van der Waals surface area contributed by atoms with Crippen molar-refractivity contribution in [2.45, 2.75) is 25.0 Å². The Balaban J connectivity index is 1.94. The molecule has 2 atom stereocenters. The van der Waals surface area contributed by atoms with Gasteiger partial charge in [-0.2, -0.15) is 0 Å². The van der Waals surface area contributed by atoms with Crippen LogP contribution >= 0.6 is 0 Å². The van der Waals surface area contributed by atoms with Crippen LogP contribution < -0.4 is 0 Å². The summed E-state index contributed by atoms with van der Waals surface area (Å²) in [6, 6.07) is 6.84. The van der Waals surface area contributed by atoms with E-state index in [1.165, 1.54) is 44.2 Å². The van der Waals surface area contributed by atoms with Gasteiger partial charge in [-0.05, 0) is 57.0 Å². The number of hydrogen-bond donors (Lipinski definition) is 0. The van der Waals surface area contributed by atoms with Crippen LogP contribution in [-0.4, -0.2) is 0 Å². The van der Waals surface area contributed by atoms with E-state index in [4.69, 9.17) is 4.74 Å². The normalized spacial score (nSPS) is 23.6. The van der Waals surface area contributed by atoms with E-state index in [1.807, 2.05) is 12.2 Å². The van der Waals surface area contributed by atoms with Crippen LogP contribution in [0.2, 0.25) is 0 Å². The van der Waals surface area contributed by atoms with Crippen LogP contribution in [0.15, 0.2) is 55.7 Å². The Hall–Kier alpha value is -2.38. The Kier molecular flexibility index (Phi) is 2.60. The van der Waals surface area contributed by atoms with E-state index >= 15 is 0 Å². The standard InChI is InChI=1S/C22H18O/c1-3-18-17-12-15-9-8-13-6-5-7-14-10-11-16(21(15)20(13)14)22(17)19(4-2)23-18/h3-5,7-8,10-12,18-19H,1-2,6,9H2. The van der Waals surface area contributed by atoms with Gasteiger partial charge in [0.2, 0.25) is 0 Å². The second-order valence-corrected chi connectivity index (χ2v) is 6.48. The Bertz CT molecular complexity index is 942. The second-order valence-electron chi connectivity index (χ2n) is 6.48. The van der Waals surface area contributed by atoms with Gasteiger partial charge in [0.05, 0.1) is 0 Å². The van der Waals surface area contributed by atoms with Crippen molar-refractivity contribution in [1.29, 1.82) is 0 Å². The first-order valence-corrected chi connectivity index (χ1v) is 8.20. The predicted octanol–water partition coefficient (Wildman–Crippen LogP) is 5.68. The van der Waals surface area contributed by atoms with E-state index in [0.717, 1.165) is 12.8 Å². The zero-order valence-corrected chi connectivity index (χ0v) is 13.0. The number of ether oxygens (including phenoxy) is 1. The molecular formula is C22H18O. The van der Waals surface area contributed by atoms with Crippen LogP contribution in [0, 0.1) is 0 Å². The molecule has 0 fully saturated rings. The van der Waals surface area contributed by atoms with Crippen LogP contribution in [-0.2, 0) is 11.2 Å². The Morgan fingerprint density at radius 3 is 2.78 bits per heavy atom. The summed E-state index contributed by atoms with van der Waals surface area (Å²) in [7, 11) is 0. The van der Waals surface area contributed by atoms with Crippen molar-refractivity contribution in [1.82, 2.24) is 0 Å². The minimum Gasteiger partial charge on any atom is -0.357 e. The molecule has 0 aromatic heterocycles. The number of rotatable bonds is 2. The lowest BCUT2D eigenvalue weighted by Crippen LogP contribution is -2.05. The lowest BCUT2D eigenvalue weighted by molar-refractivity contribution is 0.0682. The molecule has 0 N–H and O–H groups in total. The molecule has 23 heavy (non-hydrogen) atoms. The van der Waals surface area contributed by atoms with E-state index < -0.39 is 0 Å². The van der Waals surface area contributed by atoms with E-state index in [2.05, 4.69) is 49.6 Å². The first-order valence-electron chi connectivity index (χ1n) is 8.20. The third-order valence-electron chi connectivity index (χ3n) is 5.33. The molecule has 2 aromatic rings. The monoisotopic (exact) mass is 298 g/mol. The van der Waals surface area contributed by atoms with Gasteiger partial charge in [0.1, 0.15) is 12.2 Å². The zero-order chi connectivity index (χ0) is 15.6. The van der Waals surface area contributed by atoms with E-state index in [1.54, 1.807) is 0 Å². The van der Waals surface area contributed by atoms with Crippen molar-refractivity contribution in [2.75, 3.05) is 0 Å². The number of benzene rings is 2. The van der Waals surface area contributed by atoms with Crippen LogP contribution in [0.3, 0.4) is 0 Å². The van der Waals surface area contributed by atoms with Gasteiger partial charge in [-0.3, -0.25) is 0 Å². The summed E-state index contributed by atoms with van der Waals surface area (Å²) in [6.07, 6.45) is 12.7. The highest BCUT2D eigenvalue weighted by atomic mass is 16.5. The van der Waals surface area contributed by atoms with Crippen molar-refractivity contribution in [3.05, 3.63) is 83.5 Å². The molecule has 2 aromatic carbocycles. The average Bonchev–Trinajstić information content (AvgIpc) is 2.97. The summed E-state index contributed by atoms with van der Waals surface area (Å²) in [6.45, 7) is 7.92. The minimum absolute atomic E-state index is 0.0324. The molecule has 0 saturated carbocycles. The quantitative estimate of drug-likeness (QED) is 0.648. The molecule has 2 aliphatic carbocycles. The summed E-state index contributed by atoms with van der Waals surface area (Å²) in [5, 5.41) is 2.75. The van der Waals surface area contributed by atoms with Gasteiger partial charge in [0.25, 0.3) is 0 Å². The molecule has 0 amide bonds. The fraction of sp³-hybridized carbons (Fsp3) is 0.182. The van der Waals surface area contributed by atoms with Crippen LogP contribution in [0.1, 0.15) is 46.4 Å². The highest BCUT2D eigenvalue weighted by Crippen LogP contribution is 2.49. The number of fused-ring (bicyclic) bond motifs is 2. The molecule has 2 unspecified atom stereocenters. The second kappa shape index (κ2) is 4.56. The first-order chi connectivity index (χ1) is 11.3. The van der Waals surface area contributed by atoms with Crippen LogP contribution in [0.25, 0.3) is 22.4 Å². The molecular weight excluding hydrogens is 280 g/mol. The molecule has 3 aliphatic rings. The van der Waals surface area contributed by atoms with Crippen molar-refractivity contribution in [2.24, 2.45) is 0 Å². The third kappa shape index (κ3) is 1.60. The maximum absolute atomic E-state index is 6.13. The Morgan fingerprint density at radius 2 is 1.96 bits per heavy atom. The average molecular weight is 298 g/mol. The summed E-state index contributed by atoms with van der Waals surface area (Å²) < 4.78 is 6.13. The van der Waals surface area contributed by atoms with Gasteiger partial charge in [-0.25, -0.2) is 0 Å². The molecule has 112 valence electrons. The Morgan fingerprint density at radius 1 is 1.09 bits per heavy atom. The SMILES string of the molecule is C=CC1OC(C=C)c2c1cc1c3c4c(ccc23)C=CCC4=CC1. The van der Waals surface area contributed by atoms with Crippen molar-refractivity contribution in [3.8, 4) is 0 Å². The molecule has 0 spiro atoms. The maximum atomic E-state index is 6.13. The lowest BCUT2D eigenvalue weighted by atomic mass is 9.79. The molecule has 0 radical (unpaired) electrons. The van der Waals surface area contributed by atoms with Gasteiger partial charge in [-0.1, -0.05) is 48.6 Å².